The van der Waals surface area contributed by atoms with Gasteiger partial charge in [-0.15, -0.1) is 0 Å². The lowest BCUT2D eigenvalue weighted by molar-refractivity contribution is 0.0955. The molecule has 3 aromatic rings. The van der Waals surface area contributed by atoms with Crippen molar-refractivity contribution in [2.24, 2.45) is 5.10 Å². The third-order valence-electron chi connectivity index (χ3n) is 4.00. The third-order valence-corrected chi connectivity index (χ3v) is 4.00. The molecule has 0 aliphatic heterocycles. The quantitative estimate of drug-likeness (QED) is 0.737. The van der Waals surface area contributed by atoms with E-state index in [0.717, 1.165) is 10.8 Å². The summed E-state index contributed by atoms with van der Waals surface area (Å²) in [6.45, 7) is 0. The van der Waals surface area contributed by atoms with E-state index in [4.69, 9.17) is 0 Å². The van der Waals surface area contributed by atoms with Crippen molar-refractivity contribution >= 4 is 28.2 Å². The Labute approximate surface area is 136 Å². The number of halogens is 1. The maximum Gasteiger partial charge on any atom is 0.271 e. The highest BCUT2D eigenvalue weighted by Gasteiger charge is 2.28. The monoisotopic (exact) mass is 318 g/mol. The molecular formula is C19H11FN2O2. The molecule has 0 bridgehead atoms. The molecule has 4 nitrogen and oxygen atoms in total. The Bertz CT molecular complexity index is 1020. The van der Waals surface area contributed by atoms with Crippen LogP contribution in [0.15, 0.2) is 65.8 Å². The van der Waals surface area contributed by atoms with Crippen LogP contribution in [0.4, 0.5) is 4.39 Å². The van der Waals surface area contributed by atoms with Crippen molar-refractivity contribution in [2.75, 3.05) is 0 Å². The summed E-state index contributed by atoms with van der Waals surface area (Å²) in [4.78, 5) is 24.6. The van der Waals surface area contributed by atoms with Gasteiger partial charge in [0.2, 0.25) is 5.78 Å². The number of hydrogen-bond donors (Lipinski definition) is 1. The van der Waals surface area contributed by atoms with Crippen LogP contribution < -0.4 is 5.43 Å². The molecule has 0 atom stereocenters. The molecule has 24 heavy (non-hydrogen) atoms. The summed E-state index contributed by atoms with van der Waals surface area (Å²) in [5, 5.41) is 5.82. The molecular weight excluding hydrogens is 307 g/mol. The van der Waals surface area contributed by atoms with Gasteiger partial charge in [0, 0.05) is 22.1 Å². The maximum atomic E-state index is 12.9. The van der Waals surface area contributed by atoms with Crippen LogP contribution >= 0.6 is 0 Å². The normalized spacial score (nSPS) is 14.4. The van der Waals surface area contributed by atoms with E-state index >= 15 is 0 Å². The Morgan fingerprint density at radius 2 is 1.58 bits per heavy atom. The molecule has 0 radical (unpaired) electrons. The second-order valence-corrected chi connectivity index (χ2v) is 5.45. The SMILES string of the molecule is O=C(N/N=C1\C(=O)c2cccc3cccc1c23)c1ccc(F)cc1. The van der Waals surface area contributed by atoms with Crippen LogP contribution in [-0.4, -0.2) is 17.4 Å². The highest BCUT2D eigenvalue weighted by Crippen LogP contribution is 2.30. The number of hydrogen-bond acceptors (Lipinski definition) is 3. The number of Topliss-reactive ketones (excluding diaryl/α,β-unsaturated/α-hetero) is 1. The predicted octanol–water partition coefficient (Wildman–Crippen LogP) is 3.31. The van der Waals surface area contributed by atoms with Crippen LogP contribution in [0.2, 0.25) is 0 Å². The fourth-order valence-corrected chi connectivity index (χ4v) is 2.86. The first-order valence-corrected chi connectivity index (χ1v) is 7.35. The van der Waals surface area contributed by atoms with Crippen LogP contribution in [0, 0.1) is 5.82 Å². The summed E-state index contributed by atoms with van der Waals surface area (Å²) < 4.78 is 12.9. The van der Waals surface area contributed by atoms with E-state index < -0.39 is 11.7 Å². The van der Waals surface area contributed by atoms with Crippen LogP contribution in [0.5, 0.6) is 0 Å². The molecule has 0 unspecified atom stereocenters. The Morgan fingerprint density at radius 3 is 2.29 bits per heavy atom. The number of nitrogens with zero attached hydrogens (tertiary/aromatic N) is 1. The van der Waals surface area contributed by atoms with Gasteiger partial charge in [-0.1, -0.05) is 36.4 Å². The maximum absolute atomic E-state index is 12.9. The summed E-state index contributed by atoms with van der Waals surface area (Å²) in [6, 6.07) is 16.2. The second kappa shape index (κ2) is 5.38. The van der Waals surface area contributed by atoms with Crippen molar-refractivity contribution in [3.05, 3.63) is 83.2 Å². The van der Waals surface area contributed by atoms with Crippen LogP contribution in [0.1, 0.15) is 26.3 Å². The van der Waals surface area contributed by atoms with Crippen molar-refractivity contribution in [3.8, 4) is 0 Å². The smallest absolute Gasteiger partial charge is 0.271 e. The lowest BCUT2D eigenvalue weighted by Crippen LogP contribution is -2.22. The molecule has 0 aromatic heterocycles. The van der Waals surface area contributed by atoms with Gasteiger partial charge in [-0.3, -0.25) is 9.59 Å². The van der Waals surface area contributed by atoms with Crippen LogP contribution in [-0.2, 0) is 0 Å². The van der Waals surface area contributed by atoms with E-state index in [1.165, 1.54) is 24.3 Å². The average Bonchev–Trinajstić information content (AvgIpc) is 2.88. The van der Waals surface area contributed by atoms with Gasteiger partial charge in [0.1, 0.15) is 11.5 Å². The average molecular weight is 318 g/mol. The summed E-state index contributed by atoms with van der Waals surface area (Å²) in [5.74, 6) is -1.15. The first kappa shape index (κ1) is 14.3. The molecule has 0 saturated carbocycles. The number of hydrazone groups is 1. The van der Waals surface area contributed by atoms with E-state index in [-0.39, 0.29) is 17.1 Å². The van der Waals surface area contributed by atoms with Gasteiger partial charge in [-0.05, 0) is 29.7 Å². The fourth-order valence-electron chi connectivity index (χ4n) is 2.86. The van der Waals surface area contributed by atoms with E-state index in [0.29, 0.717) is 11.1 Å². The van der Waals surface area contributed by atoms with E-state index in [2.05, 4.69) is 10.5 Å². The lowest BCUT2D eigenvalue weighted by atomic mass is 10.1. The molecule has 3 aromatic carbocycles. The van der Waals surface area contributed by atoms with Gasteiger partial charge < -0.3 is 0 Å². The molecule has 0 fully saturated rings. The largest absolute Gasteiger partial charge is 0.287 e. The van der Waals surface area contributed by atoms with E-state index in [1.54, 1.807) is 12.1 Å². The third kappa shape index (κ3) is 2.18. The number of amides is 1. The van der Waals surface area contributed by atoms with Crippen LogP contribution in [0.25, 0.3) is 10.8 Å². The van der Waals surface area contributed by atoms with Gasteiger partial charge in [0.15, 0.2) is 0 Å². The number of ketones is 1. The molecule has 4 rings (SSSR count). The molecule has 0 saturated heterocycles. The minimum Gasteiger partial charge on any atom is -0.287 e. The fraction of sp³-hybridized carbons (Fsp3) is 0. The van der Waals surface area contributed by atoms with Crippen molar-refractivity contribution in [1.82, 2.24) is 5.43 Å². The van der Waals surface area contributed by atoms with E-state index in [1.807, 2.05) is 24.3 Å². The Hall–Kier alpha value is -3.34. The number of carbonyl (C=O) groups is 2. The second-order valence-electron chi connectivity index (χ2n) is 5.45. The van der Waals surface area contributed by atoms with Gasteiger partial charge in [0.25, 0.3) is 5.91 Å². The zero-order valence-corrected chi connectivity index (χ0v) is 12.4. The number of nitrogens with one attached hydrogen (secondary N) is 1. The van der Waals surface area contributed by atoms with E-state index in [9.17, 15) is 14.0 Å². The zero-order valence-electron chi connectivity index (χ0n) is 12.4. The number of benzene rings is 3. The molecule has 1 aliphatic carbocycles. The number of rotatable bonds is 2. The van der Waals surface area contributed by atoms with Gasteiger partial charge in [-0.2, -0.15) is 5.10 Å². The summed E-state index contributed by atoms with van der Waals surface area (Å²) in [7, 11) is 0. The summed E-state index contributed by atoms with van der Waals surface area (Å²) in [5.41, 5.74) is 4.13. The van der Waals surface area contributed by atoms with Crippen molar-refractivity contribution in [1.29, 1.82) is 0 Å². The topological polar surface area (TPSA) is 58.5 Å². The molecule has 5 heteroatoms. The van der Waals surface area contributed by atoms with Gasteiger partial charge in [-0.25, -0.2) is 9.82 Å². The number of carbonyl (C=O) groups excluding carboxylic acids is 2. The zero-order chi connectivity index (χ0) is 16.7. The van der Waals surface area contributed by atoms with Crippen LogP contribution in [0.3, 0.4) is 0 Å². The predicted molar refractivity (Wildman–Crippen MR) is 88.7 cm³/mol. The Balaban J connectivity index is 1.69. The van der Waals surface area contributed by atoms with Gasteiger partial charge in [0.05, 0.1) is 0 Å². The highest BCUT2D eigenvalue weighted by molar-refractivity contribution is 6.59. The molecule has 1 aliphatic rings. The van der Waals surface area contributed by atoms with Crippen molar-refractivity contribution in [2.45, 2.75) is 0 Å². The van der Waals surface area contributed by atoms with Crippen molar-refractivity contribution in [3.63, 3.8) is 0 Å². The lowest BCUT2D eigenvalue weighted by Gasteiger charge is -2.02. The molecule has 1 N–H and O–H groups in total. The highest BCUT2D eigenvalue weighted by atomic mass is 19.1. The molecule has 1 amide bonds. The minimum atomic E-state index is -0.501. The van der Waals surface area contributed by atoms with Gasteiger partial charge >= 0.3 is 0 Å². The molecule has 116 valence electrons. The van der Waals surface area contributed by atoms with Crippen molar-refractivity contribution < 1.29 is 14.0 Å². The first-order chi connectivity index (χ1) is 11.6. The minimum absolute atomic E-state index is 0.206. The summed E-state index contributed by atoms with van der Waals surface area (Å²) in [6.07, 6.45) is 0. The summed E-state index contributed by atoms with van der Waals surface area (Å²) >= 11 is 0. The first-order valence-electron chi connectivity index (χ1n) is 7.35. The Morgan fingerprint density at radius 1 is 0.917 bits per heavy atom. The Kier molecular flexibility index (Phi) is 3.20. The molecule has 0 spiro atoms. The standard InChI is InChI=1S/C19H11FN2O2/c20-13-9-7-12(8-10-13)19(24)22-21-17-14-5-1-3-11-4-2-6-15(16(11)14)18(17)23/h1-10H,(H,22,24)/b21-17-. The molecule has 0 heterocycles.